The molecule has 2 aliphatic rings. The second-order valence-corrected chi connectivity index (χ2v) is 12.3. The zero-order valence-electron chi connectivity index (χ0n) is 25.2. The Bertz CT molecular complexity index is 2330. The third-order valence-electron chi connectivity index (χ3n) is 9.76. The minimum atomic E-state index is 0.317. The monoisotopic (exact) mass is 575 g/mol. The maximum absolute atomic E-state index is 2.52. The molecule has 0 spiro atoms. The molecule has 214 valence electrons. The highest BCUT2D eigenvalue weighted by atomic mass is 15.0. The normalized spacial score (nSPS) is 15.7. The fraction of sp³-hybridized carbons (Fsp3) is 0.0909. The minimum absolute atomic E-state index is 0.317. The molecule has 0 amide bonds. The Morgan fingerprint density at radius 3 is 2.13 bits per heavy atom. The van der Waals surface area contributed by atoms with E-state index in [0.717, 1.165) is 19.3 Å². The van der Waals surface area contributed by atoms with E-state index in [9.17, 15) is 0 Å². The Balaban J connectivity index is 1.44. The number of aromatic nitrogens is 1. The molecule has 0 aliphatic heterocycles. The summed E-state index contributed by atoms with van der Waals surface area (Å²) in [6, 6.07) is 44.7. The van der Waals surface area contributed by atoms with Gasteiger partial charge in [0.15, 0.2) is 0 Å². The van der Waals surface area contributed by atoms with Crippen LogP contribution in [0.3, 0.4) is 0 Å². The second-order valence-electron chi connectivity index (χ2n) is 12.3. The molecule has 7 aromatic rings. The molecule has 0 N–H and O–H groups in total. The van der Waals surface area contributed by atoms with Gasteiger partial charge in [-0.15, -0.1) is 0 Å². The molecular formula is C44H33N. The number of benzene rings is 6. The van der Waals surface area contributed by atoms with E-state index >= 15 is 0 Å². The van der Waals surface area contributed by atoms with Crippen LogP contribution < -0.4 is 0 Å². The molecule has 1 unspecified atom stereocenters. The SMILES string of the molecule is C1=CCC(c2c3ccccc3c(-c3ccccc3)c3ccc4c(c5c(n4-c4cccc(-c6ccccc6)c4)C=CCC5)c23)C=C1. The topological polar surface area (TPSA) is 4.93 Å². The summed E-state index contributed by atoms with van der Waals surface area (Å²) in [6.45, 7) is 0. The lowest BCUT2D eigenvalue weighted by molar-refractivity contribution is 0.870. The molecule has 1 nitrogen and oxygen atoms in total. The van der Waals surface area contributed by atoms with Crippen LogP contribution in [0.5, 0.6) is 0 Å². The van der Waals surface area contributed by atoms with E-state index in [4.69, 9.17) is 0 Å². The van der Waals surface area contributed by atoms with Crippen LogP contribution in [0.4, 0.5) is 0 Å². The van der Waals surface area contributed by atoms with Crippen molar-refractivity contribution in [2.45, 2.75) is 25.2 Å². The number of aryl methyl sites for hydroxylation is 1. The second kappa shape index (κ2) is 10.6. The van der Waals surface area contributed by atoms with Gasteiger partial charge in [-0.05, 0) is 98.5 Å². The van der Waals surface area contributed by atoms with Gasteiger partial charge in [0, 0.05) is 22.7 Å². The molecule has 1 heteroatoms. The zero-order chi connectivity index (χ0) is 29.7. The molecule has 45 heavy (non-hydrogen) atoms. The highest BCUT2D eigenvalue weighted by Crippen LogP contribution is 2.48. The van der Waals surface area contributed by atoms with Crippen molar-refractivity contribution in [3.05, 3.63) is 169 Å². The van der Waals surface area contributed by atoms with Crippen molar-refractivity contribution in [3.8, 4) is 27.9 Å². The first-order chi connectivity index (χ1) is 22.4. The molecule has 1 aromatic heterocycles. The van der Waals surface area contributed by atoms with Crippen molar-refractivity contribution in [1.29, 1.82) is 0 Å². The van der Waals surface area contributed by atoms with Gasteiger partial charge in [0.1, 0.15) is 0 Å². The van der Waals surface area contributed by atoms with Crippen LogP contribution in [0, 0.1) is 0 Å². The number of hydrogen-bond acceptors (Lipinski definition) is 0. The standard InChI is InChI=1S/C44H33N/c1-4-15-30(16-5-1)33-21-14-22-34(29-33)45-39-26-13-12-25-37(39)43-40(45)28-27-38-41(31-17-6-2-7-18-31)35-23-10-11-24-36(35)42(44(38)43)32-19-8-3-9-20-32/h1-11,13-19,21-24,26-29,32H,12,20,25H2. The lowest BCUT2D eigenvalue weighted by Crippen LogP contribution is -2.02. The number of allylic oxidation sites excluding steroid dienone is 5. The summed E-state index contributed by atoms with van der Waals surface area (Å²) >= 11 is 0. The molecule has 1 heterocycles. The number of rotatable bonds is 4. The quantitative estimate of drug-likeness (QED) is 0.184. The summed E-state index contributed by atoms with van der Waals surface area (Å²) in [6.07, 6.45) is 17.0. The number of fused-ring (bicyclic) bond motifs is 6. The molecule has 0 fully saturated rings. The van der Waals surface area contributed by atoms with Crippen LogP contribution in [0.1, 0.15) is 35.6 Å². The first-order valence-electron chi connectivity index (χ1n) is 16.1. The van der Waals surface area contributed by atoms with Crippen molar-refractivity contribution in [1.82, 2.24) is 4.57 Å². The molecule has 0 saturated carbocycles. The van der Waals surface area contributed by atoms with E-state index in [1.807, 2.05) is 0 Å². The first kappa shape index (κ1) is 26.0. The van der Waals surface area contributed by atoms with Gasteiger partial charge in [-0.2, -0.15) is 0 Å². The first-order valence-corrected chi connectivity index (χ1v) is 16.1. The molecule has 0 bridgehead atoms. The van der Waals surface area contributed by atoms with E-state index in [1.165, 1.54) is 77.2 Å². The lowest BCUT2D eigenvalue weighted by Gasteiger charge is -2.23. The van der Waals surface area contributed by atoms with Gasteiger partial charge >= 0.3 is 0 Å². The van der Waals surface area contributed by atoms with Gasteiger partial charge in [0.25, 0.3) is 0 Å². The van der Waals surface area contributed by atoms with Crippen molar-refractivity contribution in [2.75, 3.05) is 0 Å². The maximum Gasteiger partial charge on any atom is 0.0544 e. The summed E-state index contributed by atoms with van der Waals surface area (Å²) in [4.78, 5) is 0. The van der Waals surface area contributed by atoms with Crippen LogP contribution >= 0.6 is 0 Å². The van der Waals surface area contributed by atoms with Gasteiger partial charge < -0.3 is 4.57 Å². The van der Waals surface area contributed by atoms with Crippen LogP contribution in [0.15, 0.2) is 152 Å². The highest BCUT2D eigenvalue weighted by molar-refractivity contribution is 6.23. The van der Waals surface area contributed by atoms with Gasteiger partial charge in [0.05, 0.1) is 5.52 Å². The molecule has 2 aliphatic carbocycles. The Morgan fingerprint density at radius 1 is 0.578 bits per heavy atom. The van der Waals surface area contributed by atoms with Crippen molar-refractivity contribution >= 4 is 38.5 Å². The van der Waals surface area contributed by atoms with Crippen LogP contribution in [0.25, 0.3) is 66.5 Å². The Hall–Kier alpha value is -5.40. The predicted molar refractivity (Wildman–Crippen MR) is 192 cm³/mol. The Kier molecular flexibility index (Phi) is 6.16. The van der Waals surface area contributed by atoms with Crippen molar-refractivity contribution in [2.24, 2.45) is 0 Å². The number of nitrogens with zero attached hydrogens (tertiary/aromatic N) is 1. The fourth-order valence-electron chi connectivity index (χ4n) is 7.86. The molecule has 0 radical (unpaired) electrons. The van der Waals surface area contributed by atoms with E-state index in [-0.39, 0.29) is 0 Å². The highest BCUT2D eigenvalue weighted by Gasteiger charge is 2.27. The van der Waals surface area contributed by atoms with Gasteiger partial charge in [0.2, 0.25) is 0 Å². The Labute approximate surface area is 264 Å². The summed E-state index contributed by atoms with van der Waals surface area (Å²) in [5.74, 6) is 0.317. The summed E-state index contributed by atoms with van der Waals surface area (Å²) in [5, 5.41) is 6.87. The third kappa shape index (κ3) is 4.15. The summed E-state index contributed by atoms with van der Waals surface area (Å²) < 4.78 is 2.52. The van der Waals surface area contributed by atoms with Gasteiger partial charge in [-0.1, -0.05) is 134 Å². The van der Waals surface area contributed by atoms with E-state index in [0.29, 0.717) is 5.92 Å². The smallest absolute Gasteiger partial charge is 0.0544 e. The molecule has 9 rings (SSSR count). The zero-order valence-corrected chi connectivity index (χ0v) is 25.2. The maximum atomic E-state index is 2.52. The van der Waals surface area contributed by atoms with E-state index in [1.54, 1.807) is 0 Å². The van der Waals surface area contributed by atoms with E-state index in [2.05, 4.69) is 162 Å². The largest absolute Gasteiger partial charge is 0.310 e. The fourth-order valence-corrected chi connectivity index (χ4v) is 7.86. The van der Waals surface area contributed by atoms with Crippen molar-refractivity contribution in [3.63, 3.8) is 0 Å². The minimum Gasteiger partial charge on any atom is -0.310 e. The molecule has 1 atom stereocenters. The summed E-state index contributed by atoms with van der Waals surface area (Å²) in [7, 11) is 0. The predicted octanol–water partition coefficient (Wildman–Crippen LogP) is 11.8. The average molecular weight is 576 g/mol. The van der Waals surface area contributed by atoms with Crippen LogP contribution in [-0.4, -0.2) is 4.57 Å². The third-order valence-corrected chi connectivity index (χ3v) is 9.76. The molecule has 0 saturated heterocycles. The molecular weight excluding hydrogens is 542 g/mol. The van der Waals surface area contributed by atoms with Gasteiger partial charge in [-0.3, -0.25) is 0 Å². The lowest BCUT2D eigenvalue weighted by atomic mass is 9.80. The van der Waals surface area contributed by atoms with E-state index < -0.39 is 0 Å². The van der Waals surface area contributed by atoms with Crippen LogP contribution in [-0.2, 0) is 6.42 Å². The average Bonchev–Trinajstić information content (AvgIpc) is 3.46. The number of hydrogen-bond donors (Lipinski definition) is 0. The van der Waals surface area contributed by atoms with Gasteiger partial charge in [-0.25, -0.2) is 0 Å². The summed E-state index contributed by atoms with van der Waals surface area (Å²) in [5.41, 5.74) is 11.8. The van der Waals surface area contributed by atoms with Crippen LogP contribution in [0.2, 0.25) is 0 Å². The van der Waals surface area contributed by atoms with Crippen molar-refractivity contribution < 1.29 is 0 Å². The molecule has 6 aromatic carbocycles. The Morgan fingerprint density at radius 2 is 1.33 bits per heavy atom.